The molecule has 0 radical (unpaired) electrons. The first-order valence-electron chi connectivity index (χ1n) is 13.4. The first kappa shape index (κ1) is 31.5. The second-order valence-corrected chi connectivity index (χ2v) is 11.5. The van der Waals surface area contributed by atoms with Crippen molar-refractivity contribution in [1.82, 2.24) is 20.5 Å². The molecular formula is C30H26ClF5N4O4. The average molecular weight is 637 g/mol. The monoisotopic (exact) mass is 636 g/mol. The van der Waals surface area contributed by atoms with Gasteiger partial charge < -0.3 is 20.3 Å². The Morgan fingerprint density at radius 1 is 1.07 bits per heavy atom. The van der Waals surface area contributed by atoms with Crippen molar-refractivity contribution in [3.63, 3.8) is 0 Å². The number of carbonyl (C=O) groups is 1. The number of hydrogen-bond acceptors (Lipinski definition) is 7. The predicted molar refractivity (Wildman–Crippen MR) is 150 cm³/mol. The molecule has 1 unspecified atom stereocenters. The number of halogens is 6. The van der Waals surface area contributed by atoms with Gasteiger partial charge in [-0.15, -0.1) is 5.10 Å². The maximum Gasteiger partial charge on any atom is 0.424 e. The molecule has 1 fully saturated rings. The molecule has 3 N–H and O–H groups in total. The van der Waals surface area contributed by atoms with Crippen LogP contribution in [0.3, 0.4) is 0 Å². The lowest BCUT2D eigenvalue weighted by atomic mass is 9.89. The summed E-state index contributed by atoms with van der Waals surface area (Å²) in [7, 11) is 0. The fraction of sp³-hybridized carbons (Fsp3) is 0.333. The van der Waals surface area contributed by atoms with Crippen LogP contribution in [-0.2, 0) is 11.2 Å². The summed E-state index contributed by atoms with van der Waals surface area (Å²) in [4.78, 5) is 17.0. The van der Waals surface area contributed by atoms with Crippen LogP contribution in [0.1, 0.15) is 54.0 Å². The first-order valence-corrected chi connectivity index (χ1v) is 13.8. The molecule has 0 aliphatic heterocycles. The molecule has 2 aromatic carbocycles. The van der Waals surface area contributed by atoms with E-state index in [-0.39, 0.29) is 23.0 Å². The van der Waals surface area contributed by atoms with Gasteiger partial charge in [-0.2, -0.15) is 18.3 Å². The number of rotatable bonds is 8. The zero-order chi connectivity index (χ0) is 32.2. The highest BCUT2D eigenvalue weighted by atomic mass is 35.5. The van der Waals surface area contributed by atoms with Crippen LogP contribution >= 0.6 is 11.6 Å². The molecule has 2 aromatic heterocycles. The molecule has 2 heterocycles. The quantitative estimate of drug-likeness (QED) is 0.207. The van der Waals surface area contributed by atoms with E-state index in [1.165, 1.54) is 12.1 Å². The van der Waals surface area contributed by atoms with Crippen molar-refractivity contribution in [1.29, 1.82) is 0 Å². The number of ether oxygens (including phenoxy) is 1. The van der Waals surface area contributed by atoms with E-state index in [2.05, 4.69) is 15.2 Å². The maximum atomic E-state index is 15.9. The number of aromatic nitrogens is 3. The van der Waals surface area contributed by atoms with Gasteiger partial charge in [0.2, 0.25) is 5.60 Å². The van der Waals surface area contributed by atoms with Crippen molar-refractivity contribution in [2.75, 3.05) is 6.54 Å². The van der Waals surface area contributed by atoms with Gasteiger partial charge in [0, 0.05) is 22.1 Å². The summed E-state index contributed by atoms with van der Waals surface area (Å²) in [6, 6.07) is 8.53. The van der Waals surface area contributed by atoms with Crippen LogP contribution in [0, 0.1) is 18.6 Å². The molecule has 4 aromatic rings. The number of aliphatic hydroxyl groups is 2. The molecule has 0 spiro atoms. The second-order valence-electron chi connectivity index (χ2n) is 11.1. The molecule has 1 aliphatic rings. The Kier molecular flexibility index (Phi) is 8.02. The van der Waals surface area contributed by atoms with Gasteiger partial charge in [0.15, 0.2) is 5.82 Å². The summed E-state index contributed by atoms with van der Waals surface area (Å²) in [6.45, 7) is 2.26. The minimum atomic E-state index is -5.59. The minimum absolute atomic E-state index is 0.0190. The van der Waals surface area contributed by atoms with E-state index in [4.69, 9.17) is 16.3 Å². The van der Waals surface area contributed by atoms with E-state index in [0.717, 1.165) is 51.0 Å². The largest absolute Gasteiger partial charge is 0.488 e. The van der Waals surface area contributed by atoms with E-state index in [1.54, 1.807) is 13.0 Å². The molecule has 14 heteroatoms. The zero-order valence-corrected chi connectivity index (χ0v) is 24.3. The van der Waals surface area contributed by atoms with Gasteiger partial charge in [-0.05, 0) is 76.1 Å². The number of amides is 1. The Hall–Kier alpha value is -3.94. The summed E-state index contributed by atoms with van der Waals surface area (Å²) in [5.41, 5.74) is -8.30. The molecule has 5 rings (SSSR count). The lowest BCUT2D eigenvalue weighted by molar-refractivity contribution is -0.266. The molecule has 1 aliphatic carbocycles. The van der Waals surface area contributed by atoms with Crippen molar-refractivity contribution in [2.45, 2.75) is 57.1 Å². The Morgan fingerprint density at radius 2 is 1.73 bits per heavy atom. The highest BCUT2D eigenvalue weighted by Gasteiger charge is 2.58. The number of alkyl halides is 3. The molecule has 0 saturated heterocycles. The number of carbonyl (C=O) groups excluding carboxylic acids is 1. The molecule has 44 heavy (non-hydrogen) atoms. The standard InChI is InChI=1S/C30H26ClF5N4O4/c1-14-10-16-11-17(12-20(24(16)40-39-14)44-19-8-9-19)27(41)37-13-29(43,30(34,35)36)26-23(33)21(28(2,3)42)22(31)25(38-26)15-4-6-18(32)7-5-15/h4-7,10-12,19,42-43H,8-9,13H2,1-3H3,(H,37,41). The fourth-order valence-corrected chi connectivity index (χ4v) is 5.06. The maximum absolute atomic E-state index is 15.9. The SMILES string of the molecule is Cc1cc2cc(C(=O)NCC(O)(c3nc(-c4ccc(F)cc4)c(Cl)c(C(C)(C)O)c3F)C(F)(F)F)cc(OC3CC3)c2nn1. The van der Waals surface area contributed by atoms with Crippen molar-refractivity contribution in [3.8, 4) is 17.0 Å². The number of hydrogen-bond donors (Lipinski definition) is 3. The summed E-state index contributed by atoms with van der Waals surface area (Å²) < 4.78 is 79.2. The van der Waals surface area contributed by atoms with Gasteiger partial charge in [-0.25, -0.2) is 13.8 Å². The van der Waals surface area contributed by atoms with Crippen LogP contribution in [0.2, 0.25) is 5.02 Å². The number of nitrogens with one attached hydrogen (secondary N) is 1. The third-order valence-electron chi connectivity index (χ3n) is 7.03. The first-order chi connectivity index (χ1) is 20.5. The highest BCUT2D eigenvalue weighted by molar-refractivity contribution is 6.34. The molecule has 1 saturated carbocycles. The van der Waals surface area contributed by atoms with Crippen molar-refractivity contribution >= 4 is 28.4 Å². The van der Waals surface area contributed by atoms with Crippen LogP contribution in [0.5, 0.6) is 5.75 Å². The van der Waals surface area contributed by atoms with Crippen LogP contribution in [0.4, 0.5) is 22.0 Å². The summed E-state index contributed by atoms with van der Waals surface area (Å²) in [5, 5.41) is 31.8. The third kappa shape index (κ3) is 6.04. The Labute approximate surface area is 252 Å². The average Bonchev–Trinajstić information content (AvgIpc) is 3.74. The fourth-order valence-electron chi connectivity index (χ4n) is 4.60. The Balaban J connectivity index is 1.58. The normalized spacial score (nSPS) is 15.2. The van der Waals surface area contributed by atoms with Gasteiger partial charge in [0.1, 0.15) is 22.8 Å². The van der Waals surface area contributed by atoms with E-state index < -0.39 is 63.4 Å². The Bertz CT molecular complexity index is 1760. The van der Waals surface area contributed by atoms with Crippen molar-refractivity contribution in [3.05, 3.63) is 81.6 Å². The van der Waals surface area contributed by atoms with E-state index in [9.17, 15) is 32.6 Å². The number of pyridine rings is 1. The minimum Gasteiger partial charge on any atom is -0.488 e. The lowest BCUT2D eigenvalue weighted by Gasteiger charge is -2.33. The molecular weight excluding hydrogens is 611 g/mol. The van der Waals surface area contributed by atoms with E-state index in [0.29, 0.717) is 16.6 Å². The zero-order valence-electron chi connectivity index (χ0n) is 23.6. The summed E-state index contributed by atoms with van der Waals surface area (Å²) in [6.07, 6.45) is -4.13. The van der Waals surface area contributed by atoms with E-state index in [1.807, 2.05) is 5.32 Å². The summed E-state index contributed by atoms with van der Waals surface area (Å²) in [5.74, 6) is -3.24. The highest BCUT2D eigenvalue weighted by Crippen LogP contribution is 2.45. The van der Waals surface area contributed by atoms with Crippen molar-refractivity contribution < 1.29 is 41.7 Å². The third-order valence-corrected chi connectivity index (χ3v) is 7.40. The van der Waals surface area contributed by atoms with Crippen LogP contribution in [0.15, 0.2) is 42.5 Å². The Morgan fingerprint density at radius 3 is 2.32 bits per heavy atom. The molecule has 1 atom stereocenters. The number of fused-ring (bicyclic) bond motifs is 1. The van der Waals surface area contributed by atoms with Gasteiger partial charge in [0.25, 0.3) is 5.91 Å². The van der Waals surface area contributed by atoms with Crippen LogP contribution in [0.25, 0.3) is 22.2 Å². The van der Waals surface area contributed by atoms with Crippen molar-refractivity contribution in [2.24, 2.45) is 0 Å². The molecule has 8 nitrogen and oxygen atoms in total. The van der Waals surface area contributed by atoms with E-state index >= 15 is 4.39 Å². The number of nitrogens with zero attached hydrogens (tertiary/aromatic N) is 3. The molecule has 232 valence electrons. The summed E-state index contributed by atoms with van der Waals surface area (Å²) >= 11 is 6.32. The second kappa shape index (κ2) is 11.2. The van der Waals surface area contributed by atoms with Gasteiger partial charge in [0.05, 0.1) is 34.7 Å². The van der Waals surface area contributed by atoms with Crippen LogP contribution < -0.4 is 10.1 Å². The van der Waals surface area contributed by atoms with Crippen LogP contribution in [-0.4, -0.2) is 50.1 Å². The lowest BCUT2D eigenvalue weighted by Crippen LogP contribution is -2.52. The van der Waals surface area contributed by atoms with Gasteiger partial charge in [-0.1, -0.05) is 11.6 Å². The number of benzene rings is 2. The topological polar surface area (TPSA) is 117 Å². The number of aryl methyl sites for hydroxylation is 1. The molecule has 1 amide bonds. The predicted octanol–water partition coefficient (Wildman–Crippen LogP) is 5.88. The van der Waals surface area contributed by atoms with Gasteiger partial charge >= 0.3 is 6.18 Å². The smallest absolute Gasteiger partial charge is 0.424 e. The van der Waals surface area contributed by atoms with Gasteiger partial charge in [-0.3, -0.25) is 4.79 Å². The molecule has 0 bridgehead atoms.